The standard InChI is InChI=1S/C19H30N6O.2ClH/c1-13(2)15-6-8-16(9-7-15)17(20)10-21-19(26)12-24(4)11-18-23-22-14(3)25(18)5;;/h6-9,13,17H,10-12,20H2,1-5H3,(H,21,26);2*1H. The maximum Gasteiger partial charge on any atom is 0.234 e. The van der Waals surface area contributed by atoms with E-state index in [1.165, 1.54) is 5.56 Å². The van der Waals surface area contributed by atoms with Gasteiger partial charge >= 0.3 is 0 Å². The number of carbonyl (C=O) groups excluding carboxylic acids is 1. The Morgan fingerprint density at radius 2 is 1.75 bits per heavy atom. The molecule has 0 saturated heterocycles. The molecule has 0 aliphatic heterocycles. The van der Waals surface area contributed by atoms with Crippen molar-refractivity contribution in [3.63, 3.8) is 0 Å². The Morgan fingerprint density at radius 1 is 1.18 bits per heavy atom. The number of nitrogens with one attached hydrogen (secondary N) is 1. The number of nitrogens with two attached hydrogens (primary N) is 1. The lowest BCUT2D eigenvalue weighted by Crippen LogP contribution is -2.38. The number of hydrogen-bond acceptors (Lipinski definition) is 5. The minimum absolute atomic E-state index is 0. The molecule has 7 nitrogen and oxygen atoms in total. The number of likely N-dealkylation sites (N-methyl/N-ethyl adjacent to an activating group) is 1. The molecule has 9 heteroatoms. The van der Waals surface area contributed by atoms with E-state index in [-0.39, 0.29) is 43.3 Å². The van der Waals surface area contributed by atoms with Crippen molar-refractivity contribution in [2.24, 2.45) is 12.8 Å². The van der Waals surface area contributed by atoms with Crippen LogP contribution < -0.4 is 11.1 Å². The lowest BCUT2D eigenvalue weighted by molar-refractivity contribution is -0.122. The van der Waals surface area contributed by atoms with Crippen molar-refractivity contribution in [3.8, 4) is 0 Å². The highest BCUT2D eigenvalue weighted by Crippen LogP contribution is 2.17. The number of benzene rings is 1. The molecule has 0 fully saturated rings. The smallest absolute Gasteiger partial charge is 0.234 e. The maximum atomic E-state index is 12.2. The molecule has 3 N–H and O–H groups in total. The largest absolute Gasteiger partial charge is 0.353 e. The summed E-state index contributed by atoms with van der Waals surface area (Å²) >= 11 is 0. The molecule has 1 amide bonds. The van der Waals surface area contributed by atoms with Gasteiger partial charge in [0.1, 0.15) is 11.6 Å². The SMILES string of the molecule is Cc1nnc(CN(C)CC(=O)NCC(N)c2ccc(C(C)C)cc2)n1C.Cl.Cl. The van der Waals surface area contributed by atoms with E-state index in [4.69, 9.17) is 5.73 Å². The van der Waals surface area contributed by atoms with Crippen molar-refractivity contribution in [3.05, 3.63) is 47.0 Å². The van der Waals surface area contributed by atoms with E-state index in [2.05, 4.69) is 41.5 Å². The van der Waals surface area contributed by atoms with Gasteiger partial charge in [0.15, 0.2) is 0 Å². The molecule has 1 unspecified atom stereocenters. The van der Waals surface area contributed by atoms with Crippen LogP contribution in [-0.2, 0) is 18.4 Å². The van der Waals surface area contributed by atoms with Crippen LogP contribution in [0.15, 0.2) is 24.3 Å². The molecule has 28 heavy (non-hydrogen) atoms. The fourth-order valence-corrected chi connectivity index (χ4v) is 2.66. The quantitative estimate of drug-likeness (QED) is 0.670. The van der Waals surface area contributed by atoms with Gasteiger partial charge in [0.2, 0.25) is 5.91 Å². The second kappa shape index (κ2) is 12.0. The summed E-state index contributed by atoms with van der Waals surface area (Å²) in [5, 5.41) is 11.0. The van der Waals surface area contributed by atoms with E-state index >= 15 is 0 Å². The van der Waals surface area contributed by atoms with Gasteiger partial charge in [0.25, 0.3) is 0 Å². The number of amides is 1. The first-order valence-corrected chi connectivity index (χ1v) is 8.93. The third-order valence-corrected chi connectivity index (χ3v) is 4.56. The second-order valence-electron chi connectivity index (χ2n) is 7.13. The summed E-state index contributed by atoms with van der Waals surface area (Å²) in [4.78, 5) is 14.1. The maximum absolute atomic E-state index is 12.2. The van der Waals surface area contributed by atoms with Gasteiger partial charge in [0, 0.05) is 19.6 Å². The Bertz CT molecular complexity index is 733. The fourth-order valence-electron chi connectivity index (χ4n) is 2.66. The monoisotopic (exact) mass is 430 g/mol. The average Bonchev–Trinajstić information content (AvgIpc) is 2.91. The van der Waals surface area contributed by atoms with Gasteiger partial charge in [-0.05, 0) is 31.0 Å². The highest BCUT2D eigenvalue weighted by Gasteiger charge is 2.13. The molecule has 1 aromatic heterocycles. The van der Waals surface area contributed by atoms with Crippen LogP contribution in [-0.4, -0.2) is 45.7 Å². The molecule has 0 bridgehead atoms. The Kier molecular flexibility index (Phi) is 11.3. The van der Waals surface area contributed by atoms with Crippen molar-refractivity contribution in [2.75, 3.05) is 20.1 Å². The van der Waals surface area contributed by atoms with Gasteiger partial charge in [-0.15, -0.1) is 35.0 Å². The van der Waals surface area contributed by atoms with Crippen LogP contribution in [0.2, 0.25) is 0 Å². The van der Waals surface area contributed by atoms with Crippen molar-refractivity contribution in [1.82, 2.24) is 25.0 Å². The van der Waals surface area contributed by atoms with Crippen molar-refractivity contribution < 1.29 is 4.79 Å². The highest BCUT2D eigenvalue weighted by molar-refractivity contribution is 5.85. The predicted molar refractivity (Wildman–Crippen MR) is 117 cm³/mol. The molecule has 1 aromatic carbocycles. The topological polar surface area (TPSA) is 89.1 Å². The number of hydrogen-bond donors (Lipinski definition) is 2. The summed E-state index contributed by atoms with van der Waals surface area (Å²) in [5.41, 5.74) is 8.51. The van der Waals surface area contributed by atoms with Crippen molar-refractivity contribution in [1.29, 1.82) is 0 Å². The minimum Gasteiger partial charge on any atom is -0.353 e. The molecule has 0 radical (unpaired) electrons. The van der Waals surface area contributed by atoms with Gasteiger partial charge < -0.3 is 15.6 Å². The summed E-state index contributed by atoms with van der Waals surface area (Å²) in [6, 6.07) is 8.05. The van der Waals surface area contributed by atoms with Crippen LogP contribution in [0.5, 0.6) is 0 Å². The predicted octanol–water partition coefficient (Wildman–Crippen LogP) is 2.34. The van der Waals surface area contributed by atoms with Crippen LogP contribution in [0.3, 0.4) is 0 Å². The van der Waals surface area contributed by atoms with E-state index in [1.54, 1.807) is 0 Å². The molecule has 0 spiro atoms. The third kappa shape index (κ3) is 7.39. The number of nitrogens with zero attached hydrogens (tertiary/aromatic N) is 4. The van der Waals surface area contributed by atoms with Gasteiger partial charge in [-0.2, -0.15) is 0 Å². The Balaban J connectivity index is 0.00000364. The first kappa shape index (κ1) is 26.3. The van der Waals surface area contributed by atoms with Crippen LogP contribution in [0.1, 0.15) is 48.6 Å². The summed E-state index contributed by atoms with van der Waals surface area (Å²) < 4.78 is 1.92. The summed E-state index contributed by atoms with van der Waals surface area (Å²) in [5.74, 6) is 2.13. The van der Waals surface area contributed by atoms with E-state index in [0.29, 0.717) is 19.0 Å². The Morgan fingerprint density at radius 3 is 2.25 bits per heavy atom. The molecule has 0 saturated carbocycles. The van der Waals surface area contributed by atoms with E-state index in [1.807, 2.05) is 42.6 Å². The van der Waals surface area contributed by atoms with E-state index < -0.39 is 0 Å². The molecule has 158 valence electrons. The second-order valence-corrected chi connectivity index (χ2v) is 7.13. The van der Waals surface area contributed by atoms with E-state index in [0.717, 1.165) is 17.2 Å². The van der Waals surface area contributed by atoms with Crippen LogP contribution in [0, 0.1) is 6.92 Å². The Labute approximate surface area is 179 Å². The molecule has 2 rings (SSSR count). The van der Waals surface area contributed by atoms with Crippen LogP contribution in [0.4, 0.5) is 0 Å². The molecule has 0 aliphatic carbocycles. The van der Waals surface area contributed by atoms with Gasteiger partial charge in [-0.1, -0.05) is 38.1 Å². The third-order valence-electron chi connectivity index (χ3n) is 4.56. The Hall–Kier alpha value is -1.67. The lowest BCUT2D eigenvalue weighted by Gasteiger charge is -2.18. The number of halogens is 2. The fraction of sp³-hybridized carbons (Fsp3) is 0.526. The zero-order valence-corrected chi connectivity index (χ0v) is 18.8. The van der Waals surface area contributed by atoms with Crippen molar-refractivity contribution >= 4 is 30.7 Å². The van der Waals surface area contributed by atoms with Gasteiger partial charge in [0.05, 0.1) is 13.1 Å². The zero-order valence-electron chi connectivity index (χ0n) is 17.2. The molecule has 0 aliphatic rings. The number of aryl methyl sites for hydroxylation is 1. The van der Waals surface area contributed by atoms with Crippen LogP contribution >= 0.6 is 24.8 Å². The van der Waals surface area contributed by atoms with Crippen molar-refractivity contribution in [2.45, 2.75) is 39.3 Å². The zero-order chi connectivity index (χ0) is 19.3. The molecule has 1 atom stereocenters. The average molecular weight is 431 g/mol. The minimum atomic E-state index is -0.216. The van der Waals surface area contributed by atoms with Gasteiger partial charge in [-0.3, -0.25) is 9.69 Å². The molecular formula is C19H32Cl2N6O. The molecular weight excluding hydrogens is 399 g/mol. The molecule has 1 heterocycles. The van der Waals surface area contributed by atoms with Crippen LogP contribution in [0.25, 0.3) is 0 Å². The van der Waals surface area contributed by atoms with E-state index in [9.17, 15) is 4.79 Å². The first-order chi connectivity index (χ1) is 12.3. The summed E-state index contributed by atoms with van der Waals surface area (Å²) in [7, 11) is 3.80. The summed E-state index contributed by atoms with van der Waals surface area (Å²) in [6.45, 7) is 7.48. The highest BCUT2D eigenvalue weighted by atomic mass is 35.5. The number of aromatic nitrogens is 3. The lowest BCUT2D eigenvalue weighted by atomic mass is 9.99. The number of carbonyl (C=O) groups is 1. The first-order valence-electron chi connectivity index (χ1n) is 8.93. The van der Waals surface area contributed by atoms with Gasteiger partial charge in [-0.25, -0.2) is 0 Å². The molecule has 2 aromatic rings. The normalized spacial score (nSPS) is 11.7. The summed E-state index contributed by atoms with van der Waals surface area (Å²) in [6.07, 6.45) is 0. The number of rotatable bonds is 8.